The zero-order valence-corrected chi connectivity index (χ0v) is 20.6. The fourth-order valence-electron chi connectivity index (χ4n) is 3.94. The minimum absolute atomic E-state index is 0.228. The SMILES string of the molecule is CCc1ccc(C(=O)COc2c(CO)ccc3c2C=CC(C)(C)O3)c(OCc2ccc(N=O)cc2)c1. The maximum Gasteiger partial charge on any atom is 0.203 e. The van der Waals surface area contributed by atoms with Crippen molar-refractivity contribution >= 4 is 17.5 Å². The number of aryl methyl sites for hydroxylation is 1. The summed E-state index contributed by atoms with van der Waals surface area (Å²) in [6, 6.07) is 15.8. The molecule has 36 heavy (non-hydrogen) atoms. The van der Waals surface area contributed by atoms with Gasteiger partial charge >= 0.3 is 0 Å². The molecular weight excluding hydrogens is 458 g/mol. The van der Waals surface area contributed by atoms with Crippen molar-refractivity contribution in [3.05, 3.63) is 93.4 Å². The number of carbonyl (C=O) groups excluding carboxylic acids is 1. The summed E-state index contributed by atoms with van der Waals surface area (Å²) < 4.78 is 18.0. The van der Waals surface area contributed by atoms with E-state index in [-0.39, 0.29) is 25.6 Å². The van der Waals surface area contributed by atoms with Gasteiger partial charge in [0.15, 0.2) is 6.61 Å². The second-order valence-corrected chi connectivity index (χ2v) is 9.10. The van der Waals surface area contributed by atoms with E-state index in [0.29, 0.717) is 39.6 Å². The van der Waals surface area contributed by atoms with Crippen LogP contribution in [0.15, 0.2) is 65.9 Å². The predicted molar refractivity (Wildman–Crippen MR) is 138 cm³/mol. The van der Waals surface area contributed by atoms with Gasteiger partial charge in [-0.2, -0.15) is 0 Å². The topological polar surface area (TPSA) is 94.4 Å². The van der Waals surface area contributed by atoms with Crippen LogP contribution in [0.1, 0.15) is 53.4 Å². The molecule has 0 spiro atoms. The summed E-state index contributed by atoms with van der Waals surface area (Å²) in [5.41, 5.74) is 3.43. The molecule has 3 aromatic rings. The molecule has 0 bridgehead atoms. The molecule has 3 aromatic carbocycles. The molecule has 1 N–H and O–H groups in total. The summed E-state index contributed by atoms with van der Waals surface area (Å²) in [5.74, 6) is 1.26. The molecule has 0 aromatic heterocycles. The van der Waals surface area contributed by atoms with Gasteiger partial charge in [0, 0.05) is 5.56 Å². The van der Waals surface area contributed by atoms with E-state index >= 15 is 0 Å². The Balaban J connectivity index is 1.54. The Morgan fingerprint density at radius 3 is 2.47 bits per heavy atom. The standard InChI is InChI=1S/C29H29NO6/c1-4-19-7-11-23(27(15-19)34-17-20-5-9-22(30-33)10-6-20)25(32)18-35-28-21(16-31)8-12-26-24(28)13-14-29(2,3)36-26/h5-15,31H,4,16-18H2,1-3H3. The number of rotatable bonds is 10. The Hall–Kier alpha value is -3.97. The number of fused-ring (bicyclic) bond motifs is 1. The summed E-state index contributed by atoms with van der Waals surface area (Å²) in [5, 5.41) is 12.7. The molecule has 0 atom stereocenters. The van der Waals surface area contributed by atoms with Crippen molar-refractivity contribution in [3.63, 3.8) is 0 Å². The molecule has 1 aliphatic heterocycles. The van der Waals surface area contributed by atoms with Gasteiger partial charge in [0.05, 0.1) is 17.7 Å². The molecule has 0 fully saturated rings. The van der Waals surface area contributed by atoms with Crippen LogP contribution in [0.2, 0.25) is 0 Å². The molecule has 1 aliphatic rings. The molecule has 186 valence electrons. The number of aliphatic hydroxyl groups excluding tert-OH is 1. The second kappa shape index (κ2) is 10.7. The van der Waals surface area contributed by atoms with Crippen LogP contribution in [0.5, 0.6) is 17.2 Å². The largest absolute Gasteiger partial charge is 0.488 e. The number of Topliss-reactive ketones (excluding diaryl/α,β-unsaturated/α-hetero) is 1. The van der Waals surface area contributed by atoms with Gasteiger partial charge in [0.1, 0.15) is 35.1 Å². The molecule has 0 unspecified atom stereocenters. The maximum absolute atomic E-state index is 13.2. The Labute approximate surface area is 210 Å². The molecule has 0 radical (unpaired) electrons. The van der Waals surface area contributed by atoms with Gasteiger partial charge in [-0.25, -0.2) is 0 Å². The number of ketones is 1. The minimum atomic E-state index is -0.460. The van der Waals surface area contributed by atoms with E-state index in [9.17, 15) is 14.8 Å². The average Bonchev–Trinajstić information content (AvgIpc) is 2.89. The van der Waals surface area contributed by atoms with Gasteiger partial charge in [-0.3, -0.25) is 4.79 Å². The van der Waals surface area contributed by atoms with E-state index in [0.717, 1.165) is 17.5 Å². The summed E-state index contributed by atoms with van der Waals surface area (Å²) in [6.45, 7) is 5.69. The van der Waals surface area contributed by atoms with Gasteiger partial charge < -0.3 is 19.3 Å². The summed E-state index contributed by atoms with van der Waals surface area (Å²) in [7, 11) is 0. The van der Waals surface area contributed by atoms with Gasteiger partial charge in [-0.15, -0.1) is 4.91 Å². The third-order valence-corrected chi connectivity index (χ3v) is 5.97. The van der Waals surface area contributed by atoms with Gasteiger partial charge in [0.25, 0.3) is 0 Å². The van der Waals surface area contributed by atoms with Gasteiger partial charge in [-0.1, -0.05) is 25.1 Å². The van der Waals surface area contributed by atoms with Gasteiger partial charge in [0.2, 0.25) is 5.78 Å². The lowest BCUT2D eigenvalue weighted by Gasteiger charge is -2.29. The summed E-state index contributed by atoms with van der Waals surface area (Å²) >= 11 is 0. The molecule has 0 saturated heterocycles. The Morgan fingerprint density at radius 2 is 1.78 bits per heavy atom. The van der Waals surface area contributed by atoms with E-state index in [4.69, 9.17) is 14.2 Å². The molecule has 7 nitrogen and oxygen atoms in total. The molecule has 7 heteroatoms. The van der Waals surface area contributed by atoms with Crippen LogP contribution in [0.3, 0.4) is 0 Å². The number of carbonyl (C=O) groups is 1. The third-order valence-electron chi connectivity index (χ3n) is 5.97. The number of nitroso groups, excluding NO2 is 1. The van der Waals surface area contributed by atoms with Crippen molar-refractivity contribution < 1.29 is 24.1 Å². The van der Waals surface area contributed by atoms with Crippen molar-refractivity contribution in [3.8, 4) is 17.2 Å². The van der Waals surface area contributed by atoms with Crippen LogP contribution >= 0.6 is 0 Å². The van der Waals surface area contributed by atoms with E-state index in [2.05, 4.69) is 5.18 Å². The number of aliphatic hydroxyl groups is 1. The highest BCUT2D eigenvalue weighted by atomic mass is 16.5. The highest BCUT2D eigenvalue weighted by Gasteiger charge is 2.26. The lowest BCUT2D eigenvalue weighted by atomic mass is 9.99. The third kappa shape index (κ3) is 5.63. The smallest absolute Gasteiger partial charge is 0.203 e. The lowest BCUT2D eigenvalue weighted by molar-refractivity contribution is 0.0913. The molecule has 0 aliphatic carbocycles. The van der Waals surface area contributed by atoms with Crippen LogP contribution in [0, 0.1) is 4.91 Å². The quantitative estimate of drug-likeness (QED) is 0.272. The highest BCUT2D eigenvalue weighted by Crippen LogP contribution is 2.39. The fraction of sp³-hybridized carbons (Fsp3) is 0.276. The second-order valence-electron chi connectivity index (χ2n) is 9.10. The van der Waals surface area contributed by atoms with Crippen LogP contribution in [0.4, 0.5) is 5.69 Å². The van der Waals surface area contributed by atoms with Crippen LogP contribution in [-0.4, -0.2) is 23.1 Å². The predicted octanol–water partition coefficient (Wildman–Crippen LogP) is 6.16. The fourth-order valence-corrected chi connectivity index (χ4v) is 3.94. The molecule has 4 rings (SSSR count). The molecule has 0 saturated carbocycles. The van der Waals surface area contributed by atoms with Crippen molar-refractivity contribution in [2.75, 3.05) is 6.61 Å². The zero-order valence-electron chi connectivity index (χ0n) is 20.6. The molecular formula is C29H29NO6. The molecule has 1 heterocycles. The van der Waals surface area contributed by atoms with Crippen molar-refractivity contribution in [1.82, 2.24) is 0 Å². The first kappa shape index (κ1) is 25.1. The van der Waals surface area contributed by atoms with Crippen molar-refractivity contribution in [1.29, 1.82) is 0 Å². The minimum Gasteiger partial charge on any atom is -0.488 e. The molecule has 0 amide bonds. The van der Waals surface area contributed by atoms with Crippen molar-refractivity contribution in [2.45, 2.75) is 46.0 Å². The zero-order chi connectivity index (χ0) is 25.7. The van der Waals surface area contributed by atoms with Crippen LogP contribution in [-0.2, 0) is 19.6 Å². The first-order valence-electron chi connectivity index (χ1n) is 11.8. The first-order chi connectivity index (χ1) is 17.3. The highest BCUT2D eigenvalue weighted by molar-refractivity contribution is 6.00. The summed E-state index contributed by atoms with van der Waals surface area (Å²) in [4.78, 5) is 23.9. The monoisotopic (exact) mass is 487 g/mol. The van der Waals surface area contributed by atoms with E-state index in [1.54, 1.807) is 42.5 Å². The normalized spacial score (nSPS) is 13.4. The number of nitrogens with zero attached hydrogens (tertiary/aromatic N) is 1. The van der Waals surface area contributed by atoms with E-state index in [1.165, 1.54) is 0 Å². The van der Waals surface area contributed by atoms with Crippen molar-refractivity contribution in [2.24, 2.45) is 5.18 Å². The Bertz CT molecular complexity index is 1290. The lowest BCUT2D eigenvalue weighted by Crippen LogP contribution is -2.27. The number of hydrogen-bond acceptors (Lipinski definition) is 7. The maximum atomic E-state index is 13.2. The average molecular weight is 488 g/mol. The number of ether oxygens (including phenoxy) is 3. The van der Waals surface area contributed by atoms with E-state index in [1.807, 2.05) is 45.1 Å². The summed E-state index contributed by atoms with van der Waals surface area (Å²) in [6.07, 6.45) is 4.60. The Kier molecular flexibility index (Phi) is 7.50. The van der Waals surface area contributed by atoms with Crippen LogP contribution < -0.4 is 14.2 Å². The van der Waals surface area contributed by atoms with Gasteiger partial charge in [-0.05, 0) is 85.1 Å². The Morgan fingerprint density at radius 1 is 1.03 bits per heavy atom. The number of hydrogen-bond donors (Lipinski definition) is 1. The van der Waals surface area contributed by atoms with Crippen LogP contribution in [0.25, 0.3) is 6.08 Å². The van der Waals surface area contributed by atoms with E-state index < -0.39 is 5.60 Å². The number of benzene rings is 3. The first-order valence-corrected chi connectivity index (χ1v) is 11.8.